The Morgan fingerprint density at radius 3 is 2.71 bits per heavy atom. The van der Waals surface area contributed by atoms with Crippen molar-refractivity contribution in [1.29, 1.82) is 0 Å². The summed E-state index contributed by atoms with van der Waals surface area (Å²) in [7, 11) is 0. The zero-order chi connectivity index (χ0) is 19.5. The number of aromatic nitrogens is 4. The van der Waals surface area contributed by atoms with E-state index >= 15 is 0 Å². The van der Waals surface area contributed by atoms with Crippen LogP contribution in [0.4, 0.5) is 5.69 Å². The first kappa shape index (κ1) is 18.2. The van der Waals surface area contributed by atoms with Crippen LogP contribution in [0.1, 0.15) is 21.9 Å². The van der Waals surface area contributed by atoms with Gasteiger partial charge in [0, 0.05) is 18.1 Å². The number of fused-ring (bicyclic) bond motifs is 1. The fourth-order valence-corrected chi connectivity index (χ4v) is 3.78. The van der Waals surface area contributed by atoms with Gasteiger partial charge in [-0.2, -0.15) is 4.98 Å². The monoisotopic (exact) mass is 389 g/mol. The lowest BCUT2D eigenvalue weighted by molar-refractivity contribution is -0.115. The molecule has 4 rings (SSSR count). The van der Waals surface area contributed by atoms with Crippen molar-refractivity contribution in [2.45, 2.75) is 24.3 Å². The largest absolute Gasteiger partial charge is 0.325 e. The predicted octanol–water partition coefficient (Wildman–Crippen LogP) is 4.21. The molecule has 4 aromatic rings. The lowest BCUT2D eigenvalue weighted by atomic mass is 10.1. The van der Waals surface area contributed by atoms with E-state index in [0.29, 0.717) is 10.9 Å². The normalized spacial score (nSPS) is 12.1. The summed E-state index contributed by atoms with van der Waals surface area (Å²) in [6, 6.07) is 17.5. The topological polar surface area (TPSA) is 72.2 Å². The Morgan fingerprint density at radius 2 is 1.93 bits per heavy atom. The number of anilines is 1. The number of carbonyl (C=O) groups is 1. The van der Waals surface area contributed by atoms with Gasteiger partial charge >= 0.3 is 0 Å². The SMILES string of the molecule is Cc1ccc(C)c(NC(=O)C(Sc2nc3ncccn3n2)c2ccccc2)c1. The molecule has 6 nitrogen and oxygen atoms in total. The second-order valence-corrected chi connectivity index (χ2v) is 7.55. The molecule has 1 atom stereocenters. The third kappa shape index (κ3) is 3.89. The van der Waals surface area contributed by atoms with Crippen LogP contribution in [0.15, 0.2) is 72.1 Å². The molecule has 2 heterocycles. The van der Waals surface area contributed by atoms with Gasteiger partial charge in [-0.3, -0.25) is 4.79 Å². The molecule has 0 radical (unpaired) electrons. The van der Waals surface area contributed by atoms with E-state index in [1.54, 1.807) is 23.0 Å². The van der Waals surface area contributed by atoms with E-state index < -0.39 is 5.25 Å². The second-order valence-electron chi connectivity index (χ2n) is 6.47. The maximum absolute atomic E-state index is 13.2. The van der Waals surface area contributed by atoms with E-state index in [1.807, 2.05) is 62.4 Å². The number of hydrogen-bond donors (Lipinski definition) is 1. The van der Waals surface area contributed by atoms with Gasteiger partial charge in [0.15, 0.2) is 0 Å². The van der Waals surface area contributed by atoms with Gasteiger partial charge in [0.1, 0.15) is 5.25 Å². The summed E-state index contributed by atoms with van der Waals surface area (Å²) in [5.74, 6) is 0.392. The molecule has 1 N–H and O–H groups in total. The number of carbonyl (C=O) groups excluding carboxylic acids is 1. The molecule has 0 aliphatic rings. The van der Waals surface area contributed by atoms with Crippen LogP contribution in [-0.4, -0.2) is 25.5 Å². The Labute approximate surface area is 167 Å². The lowest BCUT2D eigenvalue weighted by Gasteiger charge is -2.17. The van der Waals surface area contributed by atoms with E-state index in [4.69, 9.17) is 0 Å². The smallest absolute Gasteiger partial charge is 0.253 e. The summed E-state index contributed by atoms with van der Waals surface area (Å²) in [5.41, 5.74) is 3.82. The molecule has 0 saturated carbocycles. The van der Waals surface area contributed by atoms with Crippen molar-refractivity contribution in [2.75, 3.05) is 5.32 Å². The number of nitrogens with one attached hydrogen (secondary N) is 1. The molecule has 0 aliphatic carbocycles. The number of hydrogen-bond acceptors (Lipinski definition) is 5. The summed E-state index contributed by atoms with van der Waals surface area (Å²) >= 11 is 1.31. The number of aryl methyl sites for hydroxylation is 2. The summed E-state index contributed by atoms with van der Waals surface area (Å²) in [4.78, 5) is 21.8. The van der Waals surface area contributed by atoms with Crippen LogP contribution < -0.4 is 5.32 Å². The van der Waals surface area contributed by atoms with Crippen molar-refractivity contribution >= 4 is 29.1 Å². The molecular formula is C21H19N5OS. The third-order valence-electron chi connectivity index (χ3n) is 4.31. The van der Waals surface area contributed by atoms with Gasteiger partial charge in [-0.1, -0.05) is 54.2 Å². The molecule has 7 heteroatoms. The second kappa shape index (κ2) is 7.82. The molecule has 2 aromatic heterocycles. The van der Waals surface area contributed by atoms with Crippen LogP contribution in [0.25, 0.3) is 5.78 Å². The summed E-state index contributed by atoms with van der Waals surface area (Å²) < 4.78 is 1.60. The molecule has 1 amide bonds. The van der Waals surface area contributed by atoms with Gasteiger partial charge in [-0.25, -0.2) is 9.50 Å². The van der Waals surface area contributed by atoms with Crippen LogP contribution in [-0.2, 0) is 4.79 Å². The van der Waals surface area contributed by atoms with E-state index in [-0.39, 0.29) is 5.91 Å². The molecule has 0 aliphatic heterocycles. The Morgan fingerprint density at radius 1 is 1.11 bits per heavy atom. The highest BCUT2D eigenvalue weighted by Crippen LogP contribution is 2.35. The summed E-state index contributed by atoms with van der Waals surface area (Å²) in [6.45, 7) is 3.99. The van der Waals surface area contributed by atoms with Crippen molar-refractivity contribution in [1.82, 2.24) is 19.6 Å². The van der Waals surface area contributed by atoms with Gasteiger partial charge < -0.3 is 5.32 Å². The fraction of sp³-hybridized carbons (Fsp3) is 0.143. The Bertz CT molecular complexity index is 1090. The first-order valence-electron chi connectivity index (χ1n) is 8.87. The molecule has 2 aromatic carbocycles. The number of nitrogens with zero attached hydrogens (tertiary/aromatic N) is 4. The van der Waals surface area contributed by atoms with Crippen LogP contribution in [0.3, 0.4) is 0 Å². The number of rotatable bonds is 5. The average Bonchev–Trinajstić information content (AvgIpc) is 3.12. The molecule has 140 valence electrons. The van der Waals surface area contributed by atoms with E-state index in [0.717, 1.165) is 22.4 Å². The minimum absolute atomic E-state index is 0.114. The molecule has 0 saturated heterocycles. The maximum atomic E-state index is 13.2. The number of thioether (sulfide) groups is 1. The maximum Gasteiger partial charge on any atom is 0.253 e. The third-order valence-corrected chi connectivity index (χ3v) is 5.42. The highest BCUT2D eigenvalue weighted by molar-refractivity contribution is 8.00. The highest BCUT2D eigenvalue weighted by atomic mass is 32.2. The van der Waals surface area contributed by atoms with Gasteiger partial charge in [-0.15, -0.1) is 5.10 Å². The standard InChI is InChI=1S/C21H19N5OS/c1-14-9-10-15(2)17(13-14)23-19(27)18(16-7-4-3-5-8-16)28-21-24-20-22-11-6-12-26(20)25-21/h3-13,18H,1-2H3,(H,23,27). The van der Waals surface area contributed by atoms with Crippen molar-refractivity contribution in [3.05, 3.63) is 83.7 Å². The van der Waals surface area contributed by atoms with Gasteiger partial charge in [-0.05, 0) is 42.7 Å². The Hall–Kier alpha value is -3.19. The summed E-state index contributed by atoms with van der Waals surface area (Å²) in [6.07, 6.45) is 3.45. The number of amides is 1. The van der Waals surface area contributed by atoms with Gasteiger partial charge in [0.25, 0.3) is 5.78 Å². The quantitative estimate of drug-likeness (QED) is 0.518. The molecule has 0 fully saturated rings. The predicted molar refractivity (Wildman–Crippen MR) is 110 cm³/mol. The Kier molecular flexibility index (Phi) is 5.08. The molecule has 1 unspecified atom stereocenters. The summed E-state index contributed by atoms with van der Waals surface area (Å²) in [5, 5.41) is 7.51. The first-order valence-corrected chi connectivity index (χ1v) is 9.75. The van der Waals surface area contributed by atoms with Crippen molar-refractivity contribution < 1.29 is 4.79 Å². The fourth-order valence-electron chi connectivity index (χ4n) is 2.84. The van der Waals surface area contributed by atoms with E-state index in [2.05, 4.69) is 20.4 Å². The zero-order valence-corrected chi connectivity index (χ0v) is 16.4. The van der Waals surface area contributed by atoms with Crippen LogP contribution in [0, 0.1) is 13.8 Å². The highest BCUT2D eigenvalue weighted by Gasteiger charge is 2.24. The van der Waals surface area contributed by atoms with Gasteiger partial charge in [0.05, 0.1) is 0 Å². The van der Waals surface area contributed by atoms with Gasteiger partial charge in [0.2, 0.25) is 11.1 Å². The van der Waals surface area contributed by atoms with Crippen LogP contribution in [0.2, 0.25) is 0 Å². The first-order chi connectivity index (χ1) is 13.6. The average molecular weight is 389 g/mol. The molecule has 0 bridgehead atoms. The molecule has 0 spiro atoms. The van der Waals surface area contributed by atoms with Crippen molar-refractivity contribution in [2.24, 2.45) is 0 Å². The molecular weight excluding hydrogens is 370 g/mol. The van der Waals surface area contributed by atoms with Crippen molar-refractivity contribution in [3.63, 3.8) is 0 Å². The Balaban J connectivity index is 1.65. The molecule has 28 heavy (non-hydrogen) atoms. The van der Waals surface area contributed by atoms with E-state index in [1.165, 1.54) is 11.8 Å². The number of benzene rings is 2. The van der Waals surface area contributed by atoms with Crippen LogP contribution in [0.5, 0.6) is 0 Å². The van der Waals surface area contributed by atoms with E-state index in [9.17, 15) is 4.79 Å². The van der Waals surface area contributed by atoms with Crippen molar-refractivity contribution in [3.8, 4) is 0 Å². The zero-order valence-electron chi connectivity index (χ0n) is 15.5. The minimum atomic E-state index is -0.487. The lowest BCUT2D eigenvalue weighted by Crippen LogP contribution is -2.19. The minimum Gasteiger partial charge on any atom is -0.325 e. The van der Waals surface area contributed by atoms with Crippen LogP contribution >= 0.6 is 11.8 Å².